The van der Waals surface area contributed by atoms with Gasteiger partial charge < -0.3 is 16.4 Å². The normalized spacial score (nSPS) is 21.0. The lowest BCUT2D eigenvalue weighted by Gasteiger charge is -2.32. The molecule has 0 bridgehead atoms. The Bertz CT molecular complexity index is 694. The van der Waals surface area contributed by atoms with Crippen LogP contribution >= 0.6 is 11.6 Å². The molecule has 1 aromatic carbocycles. The average molecular weight is 381 g/mol. The summed E-state index contributed by atoms with van der Waals surface area (Å²) in [5, 5.41) is 17.7. The first-order chi connectivity index (χ1) is 12.5. The summed E-state index contributed by atoms with van der Waals surface area (Å²) in [6.07, 6.45) is 5.33. The number of nitro groups is 1. The number of nitrogens with one attached hydrogen (secondary N) is 2. The minimum Gasteiger partial charge on any atom is -0.330 e. The molecule has 1 aliphatic heterocycles. The van der Waals surface area contributed by atoms with Crippen LogP contribution in [-0.2, 0) is 6.54 Å². The van der Waals surface area contributed by atoms with E-state index in [0.29, 0.717) is 30.5 Å². The lowest BCUT2D eigenvalue weighted by molar-refractivity contribution is -0.437. The predicted molar refractivity (Wildman–Crippen MR) is 103 cm³/mol. The summed E-state index contributed by atoms with van der Waals surface area (Å²) >= 11 is 6.13. The molecule has 0 aromatic heterocycles. The second-order valence-electron chi connectivity index (χ2n) is 6.24. The number of unbranched alkanes of at least 4 members (excludes halogenated alkanes) is 3. The SMILES string of the molecule is NCCCCCCC1(N)NC(=NCc2ccccc2Cl)NC=C1[N+](=O)[O-]. The highest BCUT2D eigenvalue weighted by molar-refractivity contribution is 6.31. The Morgan fingerprint density at radius 2 is 1.96 bits per heavy atom. The van der Waals surface area contributed by atoms with Crippen LogP contribution in [0.3, 0.4) is 0 Å². The van der Waals surface area contributed by atoms with Crippen molar-refractivity contribution in [1.82, 2.24) is 10.6 Å². The van der Waals surface area contributed by atoms with Crippen LogP contribution in [-0.4, -0.2) is 23.1 Å². The summed E-state index contributed by atoms with van der Waals surface area (Å²) in [5.74, 6) is 0.389. The van der Waals surface area contributed by atoms with Crippen molar-refractivity contribution < 1.29 is 4.92 Å². The van der Waals surface area contributed by atoms with Gasteiger partial charge in [0.1, 0.15) is 0 Å². The maximum atomic E-state index is 11.3. The van der Waals surface area contributed by atoms with Crippen LogP contribution in [0.2, 0.25) is 5.02 Å². The van der Waals surface area contributed by atoms with Gasteiger partial charge in [0, 0.05) is 5.02 Å². The summed E-state index contributed by atoms with van der Waals surface area (Å²) in [4.78, 5) is 15.3. The molecule has 1 atom stereocenters. The molecule has 0 radical (unpaired) electrons. The largest absolute Gasteiger partial charge is 0.330 e. The number of hydrogen-bond acceptors (Lipinski definition) is 5. The maximum absolute atomic E-state index is 11.3. The van der Waals surface area contributed by atoms with Crippen LogP contribution in [0.15, 0.2) is 41.2 Å². The molecule has 1 heterocycles. The Morgan fingerprint density at radius 3 is 2.65 bits per heavy atom. The quantitative estimate of drug-likeness (QED) is 0.294. The first-order valence-corrected chi connectivity index (χ1v) is 9.00. The maximum Gasteiger partial charge on any atom is 0.301 e. The number of rotatable bonds is 9. The van der Waals surface area contributed by atoms with Gasteiger partial charge in [-0.2, -0.15) is 0 Å². The zero-order chi connectivity index (χ0) is 19.0. The third-order valence-corrected chi connectivity index (χ3v) is 4.60. The minimum atomic E-state index is -1.27. The van der Waals surface area contributed by atoms with Gasteiger partial charge in [0.15, 0.2) is 11.6 Å². The molecule has 0 aliphatic carbocycles. The first kappa shape index (κ1) is 20.2. The van der Waals surface area contributed by atoms with E-state index >= 15 is 0 Å². The van der Waals surface area contributed by atoms with Gasteiger partial charge in [0.2, 0.25) is 0 Å². The number of halogens is 1. The van der Waals surface area contributed by atoms with Crippen molar-refractivity contribution >= 4 is 17.6 Å². The summed E-state index contributed by atoms with van der Waals surface area (Å²) in [6, 6.07) is 7.39. The lowest BCUT2D eigenvalue weighted by atomic mass is 9.97. The number of nitrogens with zero attached hydrogens (tertiary/aromatic N) is 2. The van der Waals surface area contributed by atoms with E-state index in [2.05, 4.69) is 15.6 Å². The van der Waals surface area contributed by atoms with Gasteiger partial charge in [-0.05, 0) is 37.4 Å². The third kappa shape index (κ3) is 5.42. The fraction of sp³-hybridized carbons (Fsp3) is 0.471. The van der Waals surface area contributed by atoms with Crippen molar-refractivity contribution in [2.24, 2.45) is 16.5 Å². The van der Waals surface area contributed by atoms with Crippen LogP contribution in [0.5, 0.6) is 0 Å². The first-order valence-electron chi connectivity index (χ1n) is 8.63. The second kappa shape index (κ2) is 9.51. The van der Waals surface area contributed by atoms with Crippen molar-refractivity contribution in [3.63, 3.8) is 0 Å². The molecule has 0 fully saturated rings. The van der Waals surface area contributed by atoms with Gasteiger partial charge in [-0.25, -0.2) is 4.99 Å². The lowest BCUT2D eigenvalue weighted by Crippen LogP contribution is -2.64. The molecule has 1 unspecified atom stereocenters. The highest BCUT2D eigenvalue weighted by Gasteiger charge is 2.42. The average Bonchev–Trinajstić information content (AvgIpc) is 2.60. The fourth-order valence-corrected chi connectivity index (χ4v) is 2.96. The Morgan fingerprint density at radius 1 is 1.23 bits per heavy atom. The van der Waals surface area contributed by atoms with E-state index in [9.17, 15) is 10.1 Å². The summed E-state index contributed by atoms with van der Waals surface area (Å²) < 4.78 is 0. The van der Waals surface area contributed by atoms with Gasteiger partial charge in [0.05, 0.1) is 17.7 Å². The molecule has 142 valence electrons. The Balaban J connectivity index is 2.06. The zero-order valence-electron chi connectivity index (χ0n) is 14.6. The number of aliphatic imine (C=N–C) groups is 1. The molecule has 26 heavy (non-hydrogen) atoms. The van der Waals surface area contributed by atoms with Crippen LogP contribution in [0.1, 0.15) is 37.7 Å². The van der Waals surface area contributed by atoms with E-state index in [1.165, 1.54) is 6.20 Å². The second-order valence-corrected chi connectivity index (χ2v) is 6.64. The zero-order valence-corrected chi connectivity index (χ0v) is 15.3. The van der Waals surface area contributed by atoms with Gasteiger partial charge in [-0.1, -0.05) is 42.6 Å². The van der Waals surface area contributed by atoms with E-state index in [1.807, 2.05) is 18.2 Å². The summed E-state index contributed by atoms with van der Waals surface area (Å²) in [5.41, 5.74) is 11.3. The van der Waals surface area contributed by atoms with E-state index < -0.39 is 10.6 Å². The summed E-state index contributed by atoms with van der Waals surface area (Å²) in [7, 11) is 0. The van der Waals surface area contributed by atoms with Gasteiger partial charge in [-0.15, -0.1) is 0 Å². The molecule has 1 aliphatic rings. The van der Waals surface area contributed by atoms with E-state index in [4.69, 9.17) is 23.1 Å². The van der Waals surface area contributed by atoms with E-state index in [0.717, 1.165) is 31.2 Å². The molecule has 0 spiro atoms. The summed E-state index contributed by atoms with van der Waals surface area (Å²) in [6.45, 7) is 0.984. The van der Waals surface area contributed by atoms with E-state index in [-0.39, 0.29) is 5.70 Å². The molecule has 2 rings (SSSR count). The third-order valence-electron chi connectivity index (χ3n) is 4.23. The van der Waals surface area contributed by atoms with Crippen LogP contribution in [0, 0.1) is 10.1 Å². The number of guanidine groups is 1. The van der Waals surface area contributed by atoms with Crippen molar-refractivity contribution in [1.29, 1.82) is 0 Å². The Labute approximate surface area is 157 Å². The number of hydrogen-bond donors (Lipinski definition) is 4. The van der Waals surface area contributed by atoms with Crippen LogP contribution < -0.4 is 22.1 Å². The minimum absolute atomic E-state index is 0.104. The molecule has 9 heteroatoms. The molecule has 8 nitrogen and oxygen atoms in total. The molecule has 0 amide bonds. The molecular weight excluding hydrogens is 356 g/mol. The molecule has 6 N–H and O–H groups in total. The van der Waals surface area contributed by atoms with Crippen molar-refractivity contribution in [3.05, 3.63) is 56.9 Å². The molecule has 1 aromatic rings. The standard InChI is InChI=1S/C17H25ClN6O2/c18-14-8-4-3-7-13(14)11-21-16-22-12-15(24(25)26)17(20,23-16)9-5-1-2-6-10-19/h3-4,7-8,12H,1-2,5-6,9-11,19-20H2,(H2,21,22,23). The van der Waals surface area contributed by atoms with Crippen LogP contribution in [0.4, 0.5) is 0 Å². The highest BCUT2D eigenvalue weighted by atomic mass is 35.5. The monoisotopic (exact) mass is 380 g/mol. The molecule has 0 saturated carbocycles. The van der Waals surface area contributed by atoms with Crippen molar-refractivity contribution in [3.8, 4) is 0 Å². The van der Waals surface area contributed by atoms with Crippen molar-refractivity contribution in [2.75, 3.05) is 6.54 Å². The van der Waals surface area contributed by atoms with Gasteiger partial charge in [-0.3, -0.25) is 15.8 Å². The van der Waals surface area contributed by atoms with Crippen molar-refractivity contribution in [2.45, 2.75) is 44.3 Å². The van der Waals surface area contributed by atoms with Gasteiger partial charge >= 0.3 is 5.70 Å². The fourth-order valence-electron chi connectivity index (χ4n) is 2.76. The number of benzene rings is 1. The predicted octanol–water partition coefficient (Wildman–Crippen LogP) is 2.07. The molecular formula is C17H25ClN6O2. The van der Waals surface area contributed by atoms with E-state index in [1.54, 1.807) is 6.07 Å². The molecule has 0 saturated heterocycles. The van der Waals surface area contributed by atoms with Gasteiger partial charge in [0.25, 0.3) is 0 Å². The Hall–Kier alpha value is -2.16. The topological polar surface area (TPSA) is 132 Å². The number of nitrogens with two attached hydrogens (primary N) is 2. The smallest absolute Gasteiger partial charge is 0.301 e. The Kier molecular flexibility index (Phi) is 7.38. The highest BCUT2D eigenvalue weighted by Crippen LogP contribution is 2.22. The van der Waals surface area contributed by atoms with Crippen LogP contribution in [0.25, 0.3) is 0 Å².